The number of carbonyl (C=O) groups is 1. The lowest BCUT2D eigenvalue weighted by molar-refractivity contribution is 0.0952. The standard InChI is InChI=1S/C18H13ClN2O3S/c1-21-14-7-10(19)4-5-12(14)16-13(18(21)23)8-15(25-16)17(22)20-9-11-3-2-6-24-11/h2-8H,9H2,1H3,(H,20,22). The molecule has 0 fully saturated rings. The molecule has 0 aliphatic heterocycles. The number of thiophene rings is 1. The molecular weight excluding hydrogens is 360 g/mol. The number of fused-ring (bicyclic) bond motifs is 3. The second-order valence-electron chi connectivity index (χ2n) is 5.64. The number of carbonyl (C=O) groups excluding carboxylic acids is 1. The zero-order valence-electron chi connectivity index (χ0n) is 13.2. The van der Waals surface area contributed by atoms with Gasteiger partial charge in [0, 0.05) is 22.2 Å². The van der Waals surface area contributed by atoms with Gasteiger partial charge in [-0.2, -0.15) is 0 Å². The van der Waals surface area contributed by atoms with Crippen LogP contribution in [0.1, 0.15) is 15.4 Å². The molecule has 4 aromatic rings. The molecule has 0 aliphatic rings. The van der Waals surface area contributed by atoms with Crippen molar-refractivity contribution >= 4 is 49.8 Å². The number of pyridine rings is 1. The van der Waals surface area contributed by atoms with Crippen LogP contribution in [0.15, 0.2) is 51.9 Å². The Hall–Kier alpha value is -2.57. The second-order valence-corrected chi connectivity index (χ2v) is 7.13. The largest absolute Gasteiger partial charge is 0.467 e. The Balaban J connectivity index is 1.79. The van der Waals surface area contributed by atoms with Gasteiger partial charge in [0.05, 0.1) is 28.6 Å². The molecule has 7 heteroatoms. The van der Waals surface area contributed by atoms with Crippen LogP contribution < -0.4 is 10.9 Å². The highest BCUT2D eigenvalue weighted by Crippen LogP contribution is 2.31. The molecule has 1 amide bonds. The zero-order chi connectivity index (χ0) is 17.6. The van der Waals surface area contributed by atoms with Gasteiger partial charge in [0.25, 0.3) is 11.5 Å². The highest BCUT2D eigenvalue weighted by molar-refractivity contribution is 7.21. The first-order valence-electron chi connectivity index (χ1n) is 7.57. The van der Waals surface area contributed by atoms with Crippen molar-refractivity contribution in [2.75, 3.05) is 0 Å². The average Bonchev–Trinajstić information content (AvgIpc) is 3.27. The summed E-state index contributed by atoms with van der Waals surface area (Å²) in [5, 5.41) is 4.80. The third kappa shape index (κ3) is 2.73. The van der Waals surface area contributed by atoms with Crippen molar-refractivity contribution < 1.29 is 9.21 Å². The molecule has 0 bridgehead atoms. The van der Waals surface area contributed by atoms with E-state index in [2.05, 4.69) is 5.32 Å². The first-order valence-corrected chi connectivity index (χ1v) is 8.76. The molecule has 3 aromatic heterocycles. The molecule has 5 nitrogen and oxygen atoms in total. The Labute approximate surface area is 151 Å². The van der Waals surface area contributed by atoms with Crippen LogP contribution in [0, 0.1) is 0 Å². The summed E-state index contributed by atoms with van der Waals surface area (Å²) in [5.74, 6) is 0.437. The van der Waals surface area contributed by atoms with E-state index in [1.165, 1.54) is 11.3 Å². The number of nitrogens with one attached hydrogen (secondary N) is 1. The highest BCUT2D eigenvalue weighted by atomic mass is 35.5. The fraction of sp³-hybridized carbons (Fsp3) is 0.111. The number of benzene rings is 1. The summed E-state index contributed by atoms with van der Waals surface area (Å²) in [4.78, 5) is 25.5. The smallest absolute Gasteiger partial charge is 0.261 e. The van der Waals surface area contributed by atoms with Gasteiger partial charge in [0.1, 0.15) is 5.76 Å². The van der Waals surface area contributed by atoms with E-state index < -0.39 is 0 Å². The van der Waals surface area contributed by atoms with E-state index in [1.54, 1.807) is 48.2 Å². The second kappa shape index (κ2) is 6.06. The number of halogens is 1. The summed E-state index contributed by atoms with van der Waals surface area (Å²) in [6, 6.07) is 10.6. The van der Waals surface area contributed by atoms with Crippen LogP contribution >= 0.6 is 22.9 Å². The van der Waals surface area contributed by atoms with Crippen molar-refractivity contribution in [2.45, 2.75) is 6.54 Å². The molecule has 25 heavy (non-hydrogen) atoms. The molecule has 0 aliphatic carbocycles. The predicted octanol–water partition coefficient (Wildman–Crippen LogP) is 3.93. The average molecular weight is 373 g/mol. The van der Waals surface area contributed by atoms with Crippen LogP contribution in [0.3, 0.4) is 0 Å². The summed E-state index contributed by atoms with van der Waals surface area (Å²) in [5.41, 5.74) is 0.598. The lowest BCUT2D eigenvalue weighted by Gasteiger charge is -2.06. The van der Waals surface area contributed by atoms with Gasteiger partial charge in [-0.05, 0) is 36.4 Å². The third-order valence-electron chi connectivity index (χ3n) is 4.06. The molecule has 0 saturated carbocycles. The number of amides is 1. The molecule has 0 radical (unpaired) electrons. The van der Waals surface area contributed by atoms with Crippen LogP contribution in [0.2, 0.25) is 5.02 Å². The molecule has 1 aromatic carbocycles. The molecular formula is C18H13ClN2O3S. The van der Waals surface area contributed by atoms with E-state index in [1.807, 2.05) is 6.07 Å². The molecule has 1 N–H and O–H groups in total. The molecule has 3 heterocycles. The number of aromatic nitrogens is 1. The van der Waals surface area contributed by atoms with Gasteiger partial charge in [-0.25, -0.2) is 0 Å². The van der Waals surface area contributed by atoms with Crippen molar-refractivity contribution in [3.05, 3.63) is 68.7 Å². The molecule has 0 saturated heterocycles. The summed E-state index contributed by atoms with van der Waals surface area (Å²) in [6.07, 6.45) is 1.56. The number of hydrogen-bond acceptors (Lipinski definition) is 4. The van der Waals surface area contributed by atoms with Gasteiger partial charge in [-0.15, -0.1) is 11.3 Å². The number of rotatable bonds is 3. The van der Waals surface area contributed by atoms with E-state index in [0.717, 1.165) is 15.6 Å². The Kier molecular flexibility index (Phi) is 3.86. The fourth-order valence-electron chi connectivity index (χ4n) is 2.79. The van der Waals surface area contributed by atoms with Crippen LogP contribution in [0.5, 0.6) is 0 Å². The quantitative estimate of drug-likeness (QED) is 0.592. The summed E-state index contributed by atoms with van der Waals surface area (Å²) < 4.78 is 7.55. The summed E-state index contributed by atoms with van der Waals surface area (Å²) >= 11 is 7.36. The Morgan fingerprint density at radius 2 is 2.12 bits per heavy atom. The normalized spacial score (nSPS) is 11.3. The number of furan rings is 1. The summed E-state index contributed by atoms with van der Waals surface area (Å²) in [7, 11) is 1.70. The van der Waals surface area contributed by atoms with Gasteiger partial charge >= 0.3 is 0 Å². The molecule has 126 valence electrons. The predicted molar refractivity (Wildman–Crippen MR) is 99.5 cm³/mol. The van der Waals surface area contributed by atoms with Crippen molar-refractivity contribution in [1.29, 1.82) is 0 Å². The van der Waals surface area contributed by atoms with Crippen LogP contribution in [0.25, 0.3) is 21.0 Å². The van der Waals surface area contributed by atoms with Crippen LogP contribution in [-0.2, 0) is 13.6 Å². The molecule has 0 spiro atoms. The van der Waals surface area contributed by atoms with Crippen molar-refractivity contribution in [2.24, 2.45) is 7.05 Å². The minimum Gasteiger partial charge on any atom is -0.467 e. The van der Waals surface area contributed by atoms with Crippen LogP contribution in [0.4, 0.5) is 0 Å². The van der Waals surface area contributed by atoms with Gasteiger partial charge in [0.15, 0.2) is 0 Å². The maximum absolute atomic E-state index is 12.6. The third-order valence-corrected chi connectivity index (χ3v) is 5.46. The Morgan fingerprint density at radius 3 is 2.88 bits per heavy atom. The van der Waals surface area contributed by atoms with Crippen molar-refractivity contribution in [3.8, 4) is 0 Å². The summed E-state index contributed by atoms with van der Waals surface area (Å²) in [6.45, 7) is 0.300. The molecule has 4 rings (SSSR count). The number of hydrogen-bond donors (Lipinski definition) is 1. The molecule has 0 atom stereocenters. The van der Waals surface area contributed by atoms with Crippen molar-refractivity contribution in [3.63, 3.8) is 0 Å². The van der Waals surface area contributed by atoms with Gasteiger partial charge in [0.2, 0.25) is 0 Å². The first kappa shape index (κ1) is 15.9. The van der Waals surface area contributed by atoms with E-state index in [-0.39, 0.29) is 11.5 Å². The van der Waals surface area contributed by atoms with Crippen LogP contribution in [-0.4, -0.2) is 10.5 Å². The minimum atomic E-state index is -0.234. The van der Waals surface area contributed by atoms with E-state index in [0.29, 0.717) is 27.6 Å². The van der Waals surface area contributed by atoms with E-state index in [9.17, 15) is 9.59 Å². The van der Waals surface area contributed by atoms with E-state index in [4.69, 9.17) is 16.0 Å². The lowest BCUT2D eigenvalue weighted by atomic mass is 10.1. The SMILES string of the molecule is Cn1c(=O)c2cc(C(=O)NCc3ccco3)sc2c2ccc(Cl)cc21. The lowest BCUT2D eigenvalue weighted by Crippen LogP contribution is -2.21. The van der Waals surface area contributed by atoms with Crippen molar-refractivity contribution in [1.82, 2.24) is 9.88 Å². The first-order chi connectivity index (χ1) is 12.0. The Morgan fingerprint density at radius 1 is 1.28 bits per heavy atom. The minimum absolute atomic E-state index is 0.147. The maximum atomic E-state index is 12.6. The monoisotopic (exact) mass is 372 g/mol. The Bertz CT molecular complexity index is 1160. The number of nitrogens with zero attached hydrogens (tertiary/aromatic N) is 1. The maximum Gasteiger partial charge on any atom is 0.261 e. The zero-order valence-corrected chi connectivity index (χ0v) is 14.8. The highest BCUT2D eigenvalue weighted by Gasteiger charge is 2.16. The van der Waals surface area contributed by atoms with Gasteiger partial charge in [-0.3, -0.25) is 9.59 Å². The fourth-order valence-corrected chi connectivity index (χ4v) is 4.06. The van der Waals surface area contributed by atoms with E-state index >= 15 is 0 Å². The topological polar surface area (TPSA) is 64.2 Å². The number of aryl methyl sites for hydroxylation is 1. The molecule has 0 unspecified atom stereocenters. The van der Waals surface area contributed by atoms with Gasteiger partial charge in [-0.1, -0.05) is 11.6 Å². The van der Waals surface area contributed by atoms with Gasteiger partial charge < -0.3 is 14.3 Å².